The highest BCUT2D eigenvalue weighted by Crippen LogP contribution is 2.11. The minimum Gasteiger partial charge on any atom is -0.378 e. The van der Waals surface area contributed by atoms with E-state index in [1.54, 1.807) is 24.4 Å². The molecular formula is C15H18N4O. The Hall–Kier alpha value is -2.40. The molecule has 0 spiro atoms. The first-order valence-corrected chi connectivity index (χ1v) is 6.37. The Kier molecular flexibility index (Phi) is 4.68. The lowest BCUT2D eigenvalue weighted by Crippen LogP contribution is -2.37. The van der Waals surface area contributed by atoms with E-state index in [-0.39, 0.29) is 5.91 Å². The smallest absolute Gasteiger partial charge is 0.283 e. The van der Waals surface area contributed by atoms with Crippen LogP contribution in [0.4, 0.5) is 5.69 Å². The number of carbonyl (C=O) groups excluding carboxylic acids is 1. The summed E-state index contributed by atoms with van der Waals surface area (Å²) in [7, 11) is 4.00. The van der Waals surface area contributed by atoms with Gasteiger partial charge in [0.25, 0.3) is 5.91 Å². The van der Waals surface area contributed by atoms with Crippen LogP contribution in [-0.4, -0.2) is 25.0 Å². The summed E-state index contributed by atoms with van der Waals surface area (Å²) in [5, 5.41) is 0. The second-order valence-electron chi connectivity index (χ2n) is 4.58. The zero-order valence-corrected chi connectivity index (χ0v) is 11.6. The number of nitrogens with zero attached hydrogens (tertiary/aromatic N) is 2. The molecule has 5 nitrogen and oxygen atoms in total. The van der Waals surface area contributed by atoms with Crippen molar-refractivity contribution in [2.75, 3.05) is 19.0 Å². The average molecular weight is 270 g/mol. The molecule has 1 amide bonds. The maximum Gasteiger partial charge on any atom is 0.283 e. The van der Waals surface area contributed by atoms with Gasteiger partial charge >= 0.3 is 0 Å². The van der Waals surface area contributed by atoms with E-state index in [2.05, 4.69) is 15.8 Å². The Balaban J connectivity index is 1.82. The number of benzene rings is 1. The van der Waals surface area contributed by atoms with Gasteiger partial charge in [-0.15, -0.1) is 0 Å². The van der Waals surface area contributed by atoms with Gasteiger partial charge in [-0.05, 0) is 29.8 Å². The van der Waals surface area contributed by atoms with Gasteiger partial charge in [0, 0.05) is 32.5 Å². The summed E-state index contributed by atoms with van der Waals surface area (Å²) in [6, 6.07) is 13.3. The van der Waals surface area contributed by atoms with Crippen molar-refractivity contribution in [1.29, 1.82) is 0 Å². The third-order valence-electron chi connectivity index (χ3n) is 2.84. The summed E-state index contributed by atoms with van der Waals surface area (Å²) in [5.41, 5.74) is 8.15. The summed E-state index contributed by atoms with van der Waals surface area (Å²) < 4.78 is 0. The zero-order chi connectivity index (χ0) is 14.4. The SMILES string of the molecule is CN(C)c1ccc(CNNC(=O)c2ccccn2)cc1. The molecule has 0 aliphatic rings. The molecular weight excluding hydrogens is 252 g/mol. The van der Waals surface area contributed by atoms with Crippen molar-refractivity contribution in [2.45, 2.75) is 6.54 Å². The van der Waals surface area contributed by atoms with E-state index in [4.69, 9.17) is 0 Å². The number of anilines is 1. The number of aromatic nitrogens is 1. The molecule has 0 radical (unpaired) electrons. The van der Waals surface area contributed by atoms with Crippen LogP contribution in [0.2, 0.25) is 0 Å². The molecule has 0 fully saturated rings. The van der Waals surface area contributed by atoms with Crippen molar-refractivity contribution in [3.8, 4) is 0 Å². The van der Waals surface area contributed by atoms with Gasteiger partial charge in [-0.2, -0.15) is 0 Å². The lowest BCUT2D eigenvalue weighted by molar-refractivity contribution is 0.0927. The summed E-state index contributed by atoms with van der Waals surface area (Å²) in [5.74, 6) is -0.240. The molecule has 1 heterocycles. The molecule has 0 bridgehead atoms. The first-order valence-electron chi connectivity index (χ1n) is 6.37. The van der Waals surface area contributed by atoms with Crippen LogP contribution in [0, 0.1) is 0 Å². The van der Waals surface area contributed by atoms with Crippen LogP contribution in [-0.2, 0) is 6.54 Å². The zero-order valence-electron chi connectivity index (χ0n) is 11.6. The van der Waals surface area contributed by atoms with Crippen LogP contribution in [0.15, 0.2) is 48.7 Å². The number of hydrogen-bond donors (Lipinski definition) is 2. The van der Waals surface area contributed by atoms with Gasteiger partial charge in [-0.25, -0.2) is 5.43 Å². The molecule has 0 aliphatic heterocycles. The highest BCUT2D eigenvalue weighted by molar-refractivity contribution is 5.91. The van der Waals surface area contributed by atoms with Crippen molar-refractivity contribution < 1.29 is 4.79 Å². The maximum absolute atomic E-state index is 11.7. The predicted octanol–water partition coefficient (Wildman–Crippen LogP) is 1.58. The molecule has 0 atom stereocenters. The Morgan fingerprint density at radius 2 is 1.90 bits per heavy atom. The van der Waals surface area contributed by atoms with E-state index < -0.39 is 0 Å². The number of hydrazine groups is 1. The van der Waals surface area contributed by atoms with Crippen LogP contribution in [0.25, 0.3) is 0 Å². The van der Waals surface area contributed by atoms with Gasteiger partial charge in [0.2, 0.25) is 0 Å². The number of nitrogens with one attached hydrogen (secondary N) is 2. The van der Waals surface area contributed by atoms with Crippen LogP contribution in [0.3, 0.4) is 0 Å². The van der Waals surface area contributed by atoms with Crippen LogP contribution < -0.4 is 15.8 Å². The fourth-order valence-electron chi connectivity index (χ4n) is 1.70. The highest BCUT2D eigenvalue weighted by atomic mass is 16.2. The minimum atomic E-state index is -0.240. The second kappa shape index (κ2) is 6.68. The third kappa shape index (κ3) is 3.80. The van der Waals surface area contributed by atoms with Crippen molar-refractivity contribution in [3.63, 3.8) is 0 Å². The molecule has 1 aromatic carbocycles. The number of hydrogen-bond acceptors (Lipinski definition) is 4. The van der Waals surface area contributed by atoms with Gasteiger partial charge in [0.1, 0.15) is 5.69 Å². The predicted molar refractivity (Wildman–Crippen MR) is 79.3 cm³/mol. The molecule has 1 aromatic heterocycles. The van der Waals surface area contributed by atoms with E-state index in [9.17, 15) is 4.79 Å². The Morgan fingerprint density at radius 1 is 1.15 bits per heavy atom. The molecule has 2 rings (SSSR count). The number of carbonyl (C=O) groups is 1. The Labute approximate surface area is 118 Å². The molecule has 104 valence electrons. The standard InChI is InChI=1S/C15H18N4O/c1-19(2)13-8-6-12(7-9-13)11-17-18-15(20)14-5-3-4-10-16-14/h3-10,17H,11H2,1-2H3,(H,18,20). The highest BCUT2D eigenvalue weighted by Gasteiger charge is 2.04. The van der Waals surface area contributed by atoms with Crippen molar-refractivity contribution in [2.24, 2.45) is 0 Å². The summed E-state index contributed by atoms with van der Waals surface area (Å²) in [6.45, 7) is 0.562. The van der Waals surface area contributed by atoms with E-state index in [1.165, 1.54) is 0 Å². The van der Waals surface area contributed by atoms with Gasteiger partial charge in [0.05, 0.1) is 0 Å². The van der Waals surface area contributed by atoms with E-state index in [0.29, 0.717) is 12.2 Å². The van der Waals surface area contributed by atoms with Crippen LogP contribution in [0.1, 0.15) is 16.1 Å². The Bertz CT molecular complexity index is 552. The first kappa shape index (κ1) is 14.0. The van der Waals surface area contributed by atoms with Gasteiger partial charge in [-0.3, -0.25) is 15.2 Å². The molecule has 0 aliphatic carbocycles. The molecule has 5 heteroatoms. The first-order chi connectivity index (χ1) is 9.66. The van der Waals surface area contributed by atoms with Crippen molar-refractivity contribution in [1.82, 2.24) is 15.8 Å². The largest absolute Gasteiger partial charge is 0.378 e. The monoisotopic (exact) mass is 270 g/mol. The van der Waals surface area contributed by atoms with Gasteiger partial charge < -0.3 is 4.90 Å². The summed E-state index contributed by atoms with van der Waals surface area (Å²) >= 11 is 0. The maximum atomic E-state index is 11.7. The quantitative estimate of drug-likeness (QED) is 0.810. The average Bonchev–Trinajstić information content (AvgIpc) is 2.48. The Morgan fingerprint density at radius 3 is 2.50 bits per heavy atom. The second-order valence-corrected chi connectivity index (χ2v) is 4.58. The normalized spacial score (nSPS) is 10.1. The third-order valence-corrected chi connectivity index (χ3v) is 2.84. The van der Waals surface area contributed by atoms with E-state index in [0.717, 1.165) is 11.3 Å². The van der Waals surface area contributed by atoms with E-state index in [1.807, 2.05) is 43.3 Å². The lowest BCUT2D eigenvalue weighted by atomic mass is 10.2. The molecule has 0 saturated carbocycles. The number of amides is 1. The van der Waals surface area contributed by atoms with Crippen LogP contribution in [0.5, 0.6) is 0 Å². The lowest BCUT2D eigenvalue weighted by Gasteiger charge is -2.13. The van der Waals surface area contributed by atoms with Crippen molar-refractivity contribution in [3.05, 3.63) is 59.9 Å². The van der Waals surface area contributed by atoms with Crippen LogP contribution >= 0.6 is 0 Å². The fourth-order valence-corrected chi connectivity index (χ4v) is 1.70. The minimum absolute atomic E-state index is 0.240. The van der Waals surface area contributed by atoms with Gasteiger partial charge in [0.15, 0.2) is 0 Å². The number of rotatable bonds is 5. The van der Waals surface area contributed by atoms with Crippen molar-refractivity contribution >= 4 is 11.6 Å². The molecule has 2 N–H and O–H groups in total. The fraction of sp³-hybridized carbons (Fsp3) is 0.200. The van der Waals surface area contributed by atoms with Gasteiger partial charge in [-0.1, -0.05) is 18.2 Å². The molecule has 20 heavy (non-hydrogen) atoms. The summed E-state index contributed by atoms with van der Waals surface area (Å²) in [4.78, 5) is 17.8. The topological polar surface area (TPSA) is 57.3 Å². The van der Waals surface area contributed by atoms with E-state index >= 15 is 0 Å². The molecule has 0 unspecified atom stereocenters. The molecule has 0 saturated heterocycles. The number of pyridine rings is 1. The summed E-state index contributed by atoms with van der Waals surface area (Å²) in [6.07, 6.45) is 1.59. The molecule has 2 aromatic rings.